The lowest BCUT2D eigenvalue weighted by Gasteiger charge is -2.29. The van der Waals surface area contributed by atoms with Gasteiger partial charge in [-0.3, -0.25) is 4.79 Å². The SMILES string of the molecule is CCN(CC)S(=O)(=O)c1ccc(CCC(=O)N2CCc3ccccc3C2)cc1. The Bertz CT molecular complexity index is 919. The average Bonchev–Trinajstić information content (AvgIpc) is 2.72. The summed E-state index contributed by atoms with van der Waals surface area (Å²) in [6.07, 6.45) is 1.95. The van der Waals surface area contributed by atoms with E-state index in [1.165, 1.54) is 15.4 Å². The molecule has 5 nitrogen and oxygen atoms in total. The number of amides is 1. The summed E-state index contributed by atoms with van der Waals surface area (Å²) >= 11 is 0. The summed E-state index contributed by atoms with van der Waals surface area (Å²) < 4.78 is 26.5. The Morgan fingerprint density at radius 1 is 1.00 bits per heavy atom. The molecule has 1 heterocycles. The number of nitrogens with zero attached hydrogens (tertiary/aromatic N) is 2. The topological polar surface area (TPSA) is 57.7 Å². The maximum Gasteiger partial charge on any atom is 0.243 e. The Morgan fingerprint density at radius 2 is 1.64 bits per heavy atom. The fraction of sp³-hybridized carbons (Fsp3) is 0.409. The zero-order valence-electron chi connectivity index (χ0n) is 16.6. The quantitative estimate of drug-likeness (QED) is 0.717. The molecule has 2 aromatic rings. The van der Waals surface area contributed by atoms with Gasteiger partial charge in [0.15, 0.2) is 0 Å². The van der Waals surface area contributed by atoms with E-state index in [1.807, 2.05) is 43.0 Å². The van der Waals surface area contributed by atoms with Crippen LogP contribution in [0.25, 0.3) is 0 Å². The normalized spacial score (nSPS) is 14.2. The number of carbonyl (C=O) groups is 1. The van der Waals surface area contributed by atoms with Gasteiger partial charge in [0.1, 0.15) is 0 Å². The summed E-state index contributed by atoms with van der Waals surface area (Å²) in [5.74, 6) is 0.148. The fourth-order valence-corrected chi connectivity index (χ4v) is 5.12. The van der Waals surface area contributed by atoms with Crippen LogP contribution < -0.4 is 0 Å². The molecule has 1 aliphatic heterocycles. The summed E-state index contributed by atoms with van der Waals surface area (Å²) in [4.78, 5) is 14.8. The van der Waals surface area contributed by atoms with E-state index in [1.54, 1.807) is 12.1 Å². The molecule has 0 atom stereocenters. The molecule has 28 heavy (non-hydrogen) atoms. The molecule has 150 valence electrons. The number of rotatable bonds is 7. The summed E-state index contributed by atoms with van der Waals surface area (Å²) in [6.45, 7) is 6.01. The van der Waals surface area contributed by atoms with E-state index < -0.39 is 10.0 Å². The van der Waals surface area contributed by atoms with Crippen LogP contribution in [0.1, 0.15) is 37.0 Å². The van der Waals surface area contributed by atoms with Crippen molar-refractivity contribution in [3.63, 3.8) is 0 Å². The molecular weight excluding hydrogens is 372 g/mol. The molecule has 0 N–H and O–H groups in total. The lowest BCUT2D eigenvalue weighted by atomic mass is 9.99. The van der Waals surface area contributed by atoms with Crippen molar-refractivity contribution in [1.29, 1.82) is 0 Å². The summed E-state index contributed by atoms with van der Waals surface area (Å²) in [7, 11) is -3.44. The molecule has 0 aromatic heterocycles. The molecule has 2 aromatic carbocycles. The highest BCUT2D eigenvalue weighted by molar-refractivity contribution is 7.89. The molecular formula is C22H28N2O3S. The second kappa shape index (κ2) is 8.88. The zero-order valence-corrected chi connectivity index (χ0v) is 17.4. The van der Waals surface area contributed by atoms with Crippen LogP contribution in [0.4, 0.5) is 0 Å². The predicted molar refractivity (Wildman–Crippen MR) is 110 cm³/mol. The number of fused-ring (bicyclic) bond motifs is 1. The highest BCUT2D eigenvalue weighted by Crippen LogP contribution is 2.20. The van der Waals surface area contributed by atoms with Crippen LogP contribution >= 0.6 is 0 Å². The third kappa shape index (κ3) is 4.45. The van der Waals surface area contributed by atoms with Crippen LogP contribution in [0.15, 0.2) is 53.4 Å². The van der Waals surface area contributed by atoms with Crippen LogP contribution in [0, 0.1) is 0 Å². The van der Waals surface area contributed by atoms with Crippen LogP contribution in [0.5, 0.6) is 0 Å². The van der Waals surface area contributed by atoms with Gasteiger partial charge in [0.25, 0.3) is 0 Å². The van der Waals surface area contributed by atoms with Crippen LogP contribution in [-0.2, 0) is 34.2 Å². The minimum Gasteiger partial charge on any atom is -0.338 e. The van der Waals surface area contributed by atoms with Gasteiger partial charge in [0, 0.05) is 32.6 Å². The Balaban J connectivity index is 1.59. The van der Waals surface area contributed by atoms with Crippen LogP contribution in [0.2, 0.25) is 0 Å². The van der Waals surface area contributed by atoms with Gasteiger partial charge in [-0.25, -0.2) is 8.42 Å². The maximum atomic E-state index is 12.6. The standard InChI is InChI=1S/C22H28N2O3S/c1-3-24(4-2)28(26,27)21-12-9-18(10-13-21)11-14-22(25)23-16-15-19-7-5-6-8-20(19)17-23/h5-10,12-13H,3-4,11,14-17H2,1-2H3. The van der Waals surface area contributed by atoms with Gasteiger partial charge >= 0.3 is 0 Å². The van der Waals surface area contributed by atoms with Gasteiger partial charge in [-0.2, -0.15) is 4.31 Å². The van der Waals surface area contributed by atoms with E-state index in [9.17, 15) is 13.2 Å². The van der Waals surface area contributed by atoms with E-state index in [4.69, 9.17) is 0 Å². The molecule has 0 bridgehead atoms. The first-order chi connectivity index (χ1) is 13.5. The lowest BCUT2D eigenvalue weighted by Crippen LogP contribution is -2.36. The summed E-state index contributed by atoms with van der Waals surface area (Å²) in [5.41, 5.74) is 3.54. The highest BCUT2D eigenvalue weighted by atomic mass is 32.2. The van der Waals surface area contributed by atoms with Crippen molar-refractivity contribution in [3.8, 4) is 0 Å². The molecule has 3 rings (SSSR count). The summed E-state index contributed by atoms with van der Waals surface area (Å²) in [6, 6.07) is 15.2. The average molecular weight is 401 g/mol. The van der Waals surface area contributed by atoms with E-state index >= 15 is 0 Å². The molecule has 0 aliphatic carbocycles. The van der Waals surface area contributed by atoms with Crippen molar-refractivity contribution in [1.82, 2.24) is 9.21 Å². The van der Waals surface area contributed by atoms with Gasteiger partial charge in [0.05, 0.1) is 4.90 Å². The molecule has 0 saturated carbocycles. The highest BCUT2D eigenvalue weighted by Gasteiger charge is 2.22. The zero-order chi connectivity index (χ0) is 20.1. The van der Waals surface area contributed by atoms with Gasteiger partial charge in [0.2, 0.25) is 15.9 Å². The Morgan fingerprint density at radius 3 is 2.29 bits per heavy atom. The third-order valence-corrected chi connectivity index (χ3v) is 7.44. The van der Waals surface area contributed by atoms with E-state index in [-0.39, 0.29) is 5.91 Å². The number of aryl methyl sites for hydroxylation is 1. The minimum absolute atomic E-state index is 0.148. The van der Waals surface area contributed by atoms with Crippen molar-refractivity contribution in [2.75, 3.05) is 19.6 Å². The first kappa shape index (κ1) is 20.6. The second-order valence-electron chi connectivity index (χ2n) is 7.07. The Labute approximate surface area is 168 Å². The molecule has 1 amide bonds. The molecule has 1 aliphatic rings. The van der Waals surface area contributed by atoms with Crippen LogP contribution in [-0.4, -0.2) is 43.2 Å². The monoisotopic (exact) mass is 400 g/mol. The Hall–Kier alpha value is -2.18. The fourth-order valence-electron chi connectivity index (χ4n) is 3.66. The largest absolute Gasteiger partial charge is 0.338 e. The number of sulfonamides is 1. The van der Waals surface area contributed by atoms with Gasteiger partial charge in [-0.05, 0) is 41.7 Å². The van der Waals surface area contributed by atoms with Crippen molar-refractivity contribution in [2.24, 2.45) is 0 Å². The van der Waals surface area contributed by atoms with Crippen molar-refractivity contribution < 1.29 is 13.2 Å². The van der Waals surface area contributed by atoms with Gasteiger partial charge in [-0.1, -0.05) is 50.2 Å². The maximum absolute atomic E-state index is 12.6. The smallest absolute Gasteiger partial charge is 0.243 e. The molecule has 0 unspecified atom stereocenters. The number of hydrogen-bond donors (Lipinski definition) is 0. The Kier molecular flexibility index (Phi) is 6.52. The molecule has 6 heteroatoms. The van der Waals surface area contributed by atoms with Crippen molar-refractivity contribution in [2.45, 2.75) is 44.6 Å². The number of hydrogen-bond acceptors (Lipinski definition) is 3. The first-order valence-corrected chi connectivity index (χ1v) is 11.3. The lowest BCUT2D eigenvalue weighted by molar-refractivity contribution is -0.132. The molecule has 0 saturated heterocycles. The van der Waals surface area contributed by atoms with Gasteiger partial charge < -0.3 is 4.90 Å². The first-order valence-electron chi connectivity index (χ1n) is 9.89. The molecule has 0 fully saturated rings. The van der Waals surface area contributed by atoms with Gasteiger partial charge in [-0.15, -0.1) is 0 Å². The van der Waals surface area contributed by atoms with E-state index in [0.717, 1.165) is 18.5 Å². The summed E-state index contributed by atoms with van der Waals surface area (Å²) in [5, 5.41) is 0. The van der Waals surface area contributed by atoms with E-state index in [0.29, 0.717) is 37.4 Å². The molecule has 0 radical (unpaired) electrons. The number of carbonyl (C=O) groups excluding carboxylic acids is 1. The minimum atomic E-state index is -3.44. The van der Waals surface area contributed by atoms with Crippen LogP contribution in [0.3, 0.4) is 0 Å². The molecule has 0 spiro atoms. The van der Waals surface area contributed by atoms with Crippen molar-refractivity contribution in [3.05, 3.63) is 65.2 Å². The third-order valence-electron chi connectivity index (χ3n) is 5.38. The predicted octanol–water partition coefficient (Wildman–Crippen LogP) is 3.23. The van der Waals surface area contributed by atoms with Crippen molar-refractivity contribution >= 4 is 15.9 Å². The van der Waals surface area contributed by atoms with E-state index in [2.05, 4.69) is 12.1 Å². The number of benzene rings is 2. The second-order valence-corrected chi connectivity index (χ2v) is 9.01.